The Morgan fingerprint density at radius 2 is 2.56 bits per heavy atom. The molecule has 1 aromatic heterocycles. The standard InChI is InChI=1S/C10H13N3O3/c1-2-5-13-8(3-4-11-13)7-6-9(10(14)15)16-12-7/h3-4,9H,2,5-6H2,1H3,(H,14,15). The Hall–Kier alpha value is -1.85. The highest BCUT2D eigenvalue weighted by Crippen LogP contribution is 2.16. The van der Waals surface area contributed by atoms with Gasteiger partial charge in [0.25, 0.3) is 0 Å². The second-order valence-corrected chi connectivity index (χ2v) is 3.61. The fourth-order valence-corrected chi connectivity index (χ4v) is 1.63. The summed E-state index contributed by atoms with van der Waals surface area (Å²) >= 11 is 0. The maximum atomic E-state index is 10.7. The van der Waals surface area contributed by atoms with Crippen LogP contribution in [0, 0.1) is 0 Å². The third-order valence-corrected chi connectivity index (χ3v) is 2.39. The number of aliphatic carboxylic acids is 1. The molecule has 1 unspecified atom stereocenters. The van der Waals surface area contributed by atoms with E-state index in [4.69, 9.17) is 9.94 Å². The van der Waals surface area contributed by atoms with Gasteiger partial charge in [-0.25, -0.2) is 4.79 Å². The van der Waals surface area contributed by atoms with Crippen LogP contribution in [-0.2, 0) is 16.2 Å². The molecule has 16 heavy (non-hydrogen) atoms. The summed E-state index contributed by atoms with van der Waals surface area (Å²) in [6, 6.07) is 1.82. The van der Waals surface area contributed by atoms with Crippen molar-refractivity contribution in [2.75, 3.05) is 0 Å². The Morgan fingerprint density at radius 3 is 3.19 bits per heavy atom. The number of hydrogen-bond donors (Lipinski definition) is 1. The van der Waals surface area contributed by atoms with Crippen molar-refractivity contribution in [2.45, 2.75) is 32.4 Å². The maximum absolute atomic E-state index is 10.7. The average molecular weight is 223 g/mol. The van der Waals surface area contributed by atoms with Crippen LogP contribution in [0.25, 0.3) is 0 Å². The van der Waals surface area contributed by atoms with Gasteiger partial charge in [0, 0.05) is 19.2 Å². The van der Waals surface area contributed by atoms with Crippen molar-refractivity contribution < 1.29 is 14.7 Å². The summed E-state index contributed by atoms with van der Waals surface area (Å²) < 4.78 is 1.81. The Labute approximate surface area is 92.5 Å². The Bertz CT molecular complexity index is 425. The Kier molecular flexibility index (Phi) is 2.89. The summed E-state index contributed by atoms with van der Waals surface area (Å²) in [5.74, 6) is -0.986. The van der Waals surface area contributed by atoms with E-state index in [1.807, 2.05) is 10.7 Å². The van der Waals surface area contributed by atoms with Crippen molar-refractivity contribution in [3.8, 4) is 0 Å². The van der Waals surface area contributed by atoms with Crippen molar-refractivity contribution >= 4 is 11.7 Å². The van der Waals surface area contributed by atoms with Gasteiger partial charge >= 0.3 is 5.97 Å². The number of oxime groups is 1. The molecule has 0 aromatic carbocycles. The first kappa shape index (κ1) is 10.7. The minimum absolute atomic E-state index is 0.296. The number of carbonyl (C=O) groups is 1. The minimum Gasteiger partial charge on any atom is -0.478 e. The number of nitrogens with zero attached hydrogens (tertiary/aromatic N) is 3. The van der Waals surface area contributed by atoms with Gasteiger partial charge in [0.15, 0.2) is 0 Å². The highest BCUT2D eigenvalue weighted by atomic mass is 16.7. The van der Waals surface area contributed by atoms with Gasteiger partial charge in [-0.1, -0.05) is 12.1 Å². The van der Waals surface area contributed by atoms with Crippen LogP contribution in [0.1, 0.15) is 25.5 Å². The lowest BCUT2D eigenvalue weighted by Crippen LogP contribution is -2.20. The summed E-state index contributed by atoms with van der Waals surface area (Å²) in [6.07, 6.45) is 2.08. The van der Waals surface area contributed by atoms with Crippen molar-refractivity contribution in [1.82, 2.24) is 9.78 Å². The molecule has 1 atom stereocenters. The van der Waals surface area contributed by atoms with Gasteiger partial charge in [0.05, 0.1) is 5.69 Å². The number of carboxylic acid groups (broad SMARTS) is 1. The second kappa shape index (κ2) is 4.34. The molecule has 86 valence electrons. The largest absolute Gasteiger partial charge is 0.478 e. The van der Waals surface area contributed by atoms with E-state index in [1.165, 1.54) is 0 Å². The average Bonchev–Trinajstić information content (AvgIpc) is 2.84. The van der Waals surface area contributed by atoms with Crippen molar-refractivity contribution in [2.24, 2.45) is 5.16 Å². The molecule has 1 aromatic rings. The summed E-state index contributed by atoms with van der Waals surface area (Å²) in [5.41, 5.74) is 1.49. The van der Waals surface area contributed by atoms with Gasteiger partial charge in [-0.2, -0.15) is 5.10 Å². The number of hydrogen-bond acceptors (Lipinski definition) is 4. The van der Waals surface area contributed by atoms with Crippen LogP contribution in [0.4, 0.5) is 0 Å². The highest BCUT2D eigenvalue weighted by Gasteiger charge is 2.29. The first-order valence-electron chi connectivity index (χ1n) is 5.20. The van der Waals surface area contributed by atoms with Gasteiger partial charge in [-0.15, -0.1) is 0 Å². The van der Waals surface area contributed by atoms with Crippen molar-refractivity contribution in [3.05, 3.63) is 18.0 Å². The zero-order valence-corrected chi connectivity index (χ0v) is 8.96. The molecule has 1 aliphatic rings. The van der Waals surface area contributed by atoms with Gasteiger partial charge in [-0.3, -0.25) is 4.68 Å². The molecule has 1 N–H and O–H groups in total. The molecule has 0 fully saturated rings. The summed E-state index contributed by atoms with van der Waals surface area (Å²) in [5, 5.41) is 16.7. The van der Waals surface area contributed by atoms with Gasteiger partial charge in [-0.05, 0) is 12.5 Å². The van der Waals surface area contributed by atoms with Crippen molar-refractivity contribution in [1.29, 1.82) is 0 Å². The van der Waals surface area contributed by atoms with Crippen LogP contribution in [-0.4, -0.2) is 32.7 Å². The predicted octanol–water partition coefficient (Wildman–Crippen LogP) is 0.871. The molecule has 2 heterocycles. The number of rotatable bonds is 4. The molecule has 0 amide bonds. The molecular weight excluding hydrogens is 210 g/mol. The molecule has 0 aliphatic carbocycles. The maximum Gasteiger partial charge on any atom is 0.348 e. The summed E-state index contributed by atoms with van der Waals surface area (Å²) in [6.45, 7) is 2.84. The lowest BCUT2D eigenvalue weighted by Gasteiger charge is -2.04. The zero-order chi connectivity index (χ0) is 11.5. The fourth-order valence-electron chi connectivity index (χ4n) is 1.63. The van der Waals surface area contributed by atoms with E-state index in [1.54, 1.807) is 6.20 Å². The minimum atomic E-state index is -0.986. The van der Waals surface area contributed by atoms with Crippen LogP contribution in [0.3, 0.4) is 0 Å². The van der Waals surface area contributed by atoms with Crippen LogP contribution in [0.5, 0.6) is 0 Å². The molecule has 6 heteroatoms. The first-order chi connectivity index (χ1) is 7.72. The zero-order valence-electron chi connectivity index (χ0n) is 8.96. The molecule has 0 bridgehead atoms. The van der Waals surface area contributed by atoms with E-state index in [0.29, 0.717) is 12.1 Å². The summed E-state index contributed by atoms with van der Waals surface area (Å²) in [4.78, 5) is 15.5. The Balaban J connectivity index is 2.14. The molecule has 0 spiro atoms. The monoisotopic (exact) mass is 223 g/mol. The van der Waals surface area contributed by atoms with Gasteiger partial charge in [0.1, 0.15) is 5.71 Å². The van der Waals surface area contributed by atoms with E-state index in [9.17, 15) is 4.79 Å². The van der Waals surface area contributed by atoms with E-state index in [-0.39, 0.29) is 0 Å². The normalized spacial score (nSPS) is 19.3. The van der Waals surface area contributed by atoms with E-state index in [0.717, 1.165) is 18.7 Å². The lowest BCUT2D eigenvalue weighted by molar-refractivity contribution is -0.148. The van der Waals surface area contributed by atoms with E-state index in [2.05, 4.69) is 17.2 Å². The molecule has 6 nitrogen and oxygen atoms in total. The van der Waals surface area contributed by atoms with Crippen LogP contribution in [0.2, 0.25) is 0 Å². The second-order valence-electron chi connectivity index (χ2n) is 3.61. The number of carboxylic acids is 1. The number of aromatic nitrogens is 2. The molecule has 0 saturated carbocycles. The van der Waals surface area contributed by atoms with Crippen LogP contribution >= 0.6 is 0 Å². The third-order valence-electron chi connectivity index (χ3n) is 2.39. The number of aryl methyl sites for hydroxylation is 1. The molecule has 2 rings (SSSR count). The SMILES string of the molecule is CCCn1nccc1C1=NOC(C(=O)O)C1. The van der Waals surface area contributed by atoms with E-state index < -0.39 is 12.1 Å². The van der Waals surface area contributed by atoms with Crippen molar-refractivity contribution in [3.63, 3.8) is 0 Å². The first-order valence-corrected chi connectivity index (χ1v) is 5.20. The molecular formula is C10H13N3O3. The third kappa shape index (κ3) is 1.91. The fraction of sp³-hybridized carbons (Fsp3) is 0.500. The summed E-state index contributed by atoms with van der Waals surface area (Å²) in [7, 11) is 0. The molecule has 0 radical (unpaired) electrons. The predicted molar refractivity (Wildman–Crippen MR) is 56.2 cm³/mol. The topological polar surface area (TPSA) is 76.7 Å². The highest BCUT2D eigenvalue weighted by molar-refractivity contribution is 6.02. The quantitative estimate of drug-likeness (QED) is 0.821. The Morgan fingerprint density at radius 1 is 1.75 bits per heavy atom. The van der Waals surface area contributed by atoms with Gasteiger partial charge in [0.2, 0.25) is 6.10 Å². The molecule has 0 saturated heterocycles. The smallest absolute Gasteiger partial charge is 0.348 e. The lowest BCUT2D eigenvalue weighted by atomic mass is 10.1. The van der Waals surface area contributed by atoms with Crippen LogP contribution in [0.15, 0.2) is 17.4 Å². The van der Waals surface area contributed by atoms with E-state index >= 15 is 0 Å². The molecule has 1 aliphatic heterocycles. The van der Waals surface area contributed by atoms with Crippen LogP contribution < -0.4 is 0 Å². The van der Waals surface area contributed by atoms with Gasteiger partial charge < -0.3 is 9.94 Å².